The van der Waals surface area contributed by atoms with Crippen LogP contribution in [0.25, 0.3) is 0 Å². The highest BCUT2D eigenvalue weighted by Gasteiger charge is 2.10. The molecule has 2 nitrogen and oxygen atoms in total. The summed E-state index contributed by atoms with van der Waals surface area (Å²) >= 11 is 0. The lowest BCUT2D eigenvalue weighted by Crippen LogP contribution is -2.37. The molecule has 0 fully saturated rings. The number of nitrogens with one attached hydrogen (secondary N) is 1. The van der Waals surface area contributed by atoms with Gasteiger partial charge in [0.2, 0.25) is 0 Å². The quantitative estimate of drug-likeness (QED) is 0.419. The van der Waals surface area contributed by atoms with Gasteiger partial charge < -0.3 is 0 Å². The van der Waals surface area contributed by atoms with Gasteiger partial charge in [0, 0.05) is 6.04 Å². The molecule has 18 heavy (non-hydrogen) atoms. The third-order valence-corrected chi connectivity index (χ3v) is 3.74. The summed E-state index contributed by atoms with van der Waals surface area (Å²) < 4.78 is 0. The van der Waals surface area contributed by atoms with E-state index >= 15 is 0 Å². The molecular weight excluding hydrogens is 220 g/mol. The fourth-order valence-corrected chi connectivity index (χ4v) is 2.48. The van der Waals surface area contributed by atoms with Crippen LogP contribution in [0.15, 0.2) is 18.2 Å². The molecule has 1 unspecified atom stereocenters. The Kier molecular flexibility index (Phi) is 6.99. The van der Waals surface area contributed by atoms with Gasteiger partial charge in [0.1, 0.15) is 0 Å². The topological polar surface area (TPSA) is 38.0 Å². The third-order valence-electron chi connectivity index (χ3n) is 3.74. The average Bonchev–Trinajstić information content (AvgIpc) is 2.36. The molecule has 1 aromatic rings. The van der Waals surface area contributed by atoms with Crippen LogP contribution in [0.3, 0.4) is 0 Å². The van der Waals surface area contributed by atoms with Gasteiger partial charge in [0.25, 0.3) is 0 Å². The van der Waals surface area contributed by atoms with Gasteiger partial charge in [0.15, 0.2) is 0 Å². The van der Waals surface area contributed by atoms with Crippen LogP contribution < -0.4 is 11.3 Å². The van der Waals surface area contributed by atoms with Gasteiger partial charge in [-0.25, -0.2) is 0 Å². The Bertz CT molecular complexity index is 327. The van der Waals surface area contributed by atoms with E-state index in [9.17, 15) is 0 Å². The van der Waals surface area contributed by atoms with Crippen LogP contribution in [0.5, 0.6) is 0 Å². The van der Waals surface area contributed by atoms with Gasteiger partial charge in [-0.15, -0.1) is 0 Å². The van der Waals surface area contributed by atoms with Gasteiger partial charge in [0.05, 0.1) is 0 Å². The van der Waals surface area contributed by atoms with Crippen LogP contribution in [0.2, 0.25) is 0 Å². The molecule has 2 heteroatoms. The minimum absolute atomic E-state index is 0.404. The lowest BCUT2D eigenvalue weighted by atomic mass is 9.94. The number of unbranched alkanes of at least 4 members (excludes halogenated alkanes) is 3. The van der Waals surface area contributed by atoms with E-state index in [2.05, 4.69) is 44.4 Å². The standard InChI is InChI=1S/C16H28N2/c1-4-5-6-7-11-15(18-17)12-16-13(2)9-8-10-14(16)3/h8-10,15,18H,4-7,11-12,17H2,1-3H3. The molecule has 0 spiro atoms. The Labute approximate surface area is 112 Å². The summed E-state index contributed by atoms with van der Waals surface area (Å²) in [6.07, 6.45) is 7.43. The smallest absolute Gasteiger partial charge is 0.0251 e. The second kappa shape index (κ2) is 8.28. The molecule has 0 heterocycles. The van der Waals surface area contributed by atoms with Crippen LogP contribution in [0, 0.1) is 13.8 Å². The minimum Gasteiger partial charge on any atom is -0.271 e. The normalized spacial score (nSPS) is 12.7. The van der Waals surface area contributed by atoms with Crippen molar-refractivity contribution in [2.75, 3.05) is 0 Å². The van der Waals surface area contributed by atoms with Crippen molar-refractivity contribution in [2.45, 2.75) is 65.3 Å². The predicted molar refractivity (Wildman–Crippen MR) is 79.5 cm³/mol. The summed E-state index contributed by atoms with van der Waals surface area (Å²) in [5, 5.41) is 0. The number of rotatable bonds is 8. The summed E-state index contributed by atoms with van der Waals surface area (Å²) in [5.74, 6) is 5.69. The van der Waals surface area contributed by atoms with Crippen molar-refractivity contribution in [1.82, 2.24) is 5.43 Å². The zero-order valence-electron chi connectivity index (χ0n) is 12.1. The van der Waals surface area contributed by atoms with Crippen LogP contribution in [0.4, 0.5) is 0 Å². The van der Waals surface area contributed by atoms with Gasteiger partial charge in [-0.1, -0.05) is 50.8 Å². The number of benzene rings is 1. The van der Waals surface area contributed by atoms with Crippen molar-refractivity contribution < 1.29 is 0 Å². The summed E-state index contributed by atoms with van der Waals surface area (Å²) in [7, 11) is 0. The van der Waals surface area contributed by atoms with Gasteiger partial charge >= 0.3 is 0 Å². The van der Waals surface area contributed by atoms with E-state index in [1.165, 1.54) is 48.8 Å². The zero-order valence-corrected chi connectivity index (χ0v) is 12.1. The molecule has 102 valence electrons. The van der Waals surface area contributed by atoms with E-state index in [4.69, 9.17) is 5.84 Å². The average molecular weight is 248 g/mol. The third kappa shape index (κ3) is 4.79. The molecule has 1 aromatic carbocycles. The molecule has 1 atom stereocenters. The van der Waals surface area contributed by atoms with Crippen molar-refractivity contribution >= 4 is 0 Å². The first-order chi connectivity index (χ1) is 8.69. The van der Waals surface area contributed by atoms with Crippen molar-refractivity contribution in [3.8, 4) is 0 Å². The van der Waals surface area contributed by atoms with Crippen molar-refractivity contribution in [3.63, 3.8) is 0 Å². The first-order valence-electron chi connectivity index (χ1n) is 7.20. The predicted octanol–water partition coefficient (Wildman–Crippen LogP) is 3.65. The van der Waals surface area contributed by atoms with Crippen molar-refractivity contribution in [1.29, 1.82) is 0 Å². The molecule has 0 amide bonds. The highest BCUT2D eigenvalue weighted by atomic mass is 15.2. The number of hydrogen-bond donors (Lipinski definition) is 2. The van der Waals surface area contributed by atoms with Crippen molar-refractivity contribution in [3.05, 3.63) is 34.9 Å². The van der Waals surface area contributed by atoms with E-state index < -0.39 is 0 Å². The molecule has 0 saturated carbocycles. The van der Waals surface area contributed by atoms with Gasteiger partial charge in [-0.05, 0) is 43.4 Å². The van der Waals surface area contributed by atoms with Crippen LogP contribution >= 0.6 is 0 Å². The maximum absolute atomic E-state index is 5.69. The summed E-state index contributed by atoms with van der Waals surface area (Å²) in [6, 6.07) is 6.90. The SMILES string of the molecule is CCCCCCC(Cc1c(C)cccc1C)NN. The molecule has 0 aromatic heterocycles. The highest BCUT2D eigenvalue weighted by Crippen LogP contribution is 2.17. The number of aryl methyl sites for hydroxylation is 2. The first-order valence-corrected chi connectivity index (χ1v) is 7.20. The lowest BCUT2D eigenvalue weighted by Gasteiger charge is -2.18. The number of nitrogens with two attached hydrogens (primary N) is 1. The first kappa shape index (κ1) is 15.2. The fourth-order valence-electron chi connectivity index (χ4n) is 2.48. The van der Waals surface area contributed by atoms with E-state index in [-0.39, 0.29) is 0 Å². The maximum atomic E-state index is 5.69. The molecule has 0 aliphatic rings. The highest BCUT2D eigenvalue weighted by molar-refractivity contribution is 5.34. The Morgan fingerprint density at radius 3 is 2.33 bits per heavy atom. The zero-order chi connectivity index (χ0) is 13.4. The van der Waals surface area contributed by atoms with Crippen LogP contribution in [-0.4, -0.2) is 6.04 Å². The molecule has 0 radical (unpaired) electrons. The molecule has 0 aliphatic carbocycles. The Morgan fingerprint density at radius 2 is 1.78 bits per heavy atom. The Morgan fingerprint density at radius 1 is 1.11 bits per heavy atom. The van der Waals surface area contributed by atoms with E-state index in [1.807, 2.05) is 0 Å². The molecule has 3 N–H and O–H groups in total. The fraction of sp³-hybridized carbons (Fsp3) is 0.625. The second-order valence-corrected chi connectivity index (χ2v) is 5.29. The number of hydrogen-bond acceptors (Lipinski definition) is 2. The molecular formula is C16H28N2. The Hall–Kier alpha value is -0.860. The summed E-state index contributed by atoms with van der Waals surface area (Å²) in [6.45, 7) is 6.62. The molecule has 0 bridgehead atoms. The molecule has 0 aliphatic heterocycles. The van der Waals surface area contributed by atoms with Crippen molar-refractivity contribution in [2.24, 2.45) is 5.84 Å². The van der Waals surface area contributed by atoms with Gasteiger partial charge in [-0.3, -0.25) is 11.3 Å². The lowest BCUT2D eigenvalue weighted by molar-refractivity contribution is 0.462. The van der Waals surface area contributed by atoms with E-state index in [0.717, 1.165) is 6.42 Å². The summed E-state index contributed by atoms with van der Waals surface area (Å²) in [5.41, 5.74) is 7.19. The van der Waals surface area contributed by atoms with Crippen LogP contribution in [0.1, 0.15) is 55.7 Å². The monoisotopic (exact) mass is 248 g/mol. The molecule has 1 rings (SSSR count). The molecule has 0 saturated heterocycles. The second-order valence-electron chi connectivity index (χ2n) is 5.29. The van der Waals surface area contributed by atoms with Crippen LogP contribution in [-0.2, 0) is 6.42 Å². The summed E-state index contributed by atoms with van der Waals surface area (Å²) in [4.78, 5) is 0. The van der Waals surface area contributed by atoms with Gasteiger partial charge in [-0.2, -0.15) is 0 Å². The van der Waals surface area contributed by atoms with E-state index in [0.29, 0.717) is 6.04 Å². The maximum Gasteiger partial charge on any atom is 0.0251 e. The largest absolute Gasteiger partial charge is 0.271 e. The van der Waals surface area contributed by atoms with E-state index in [1.54, 1.807) is 0 Å². The minimum atomic E-state index is 0.404. The Balaban J connectivity index is 2.52. The number of hydrazine groups is 1.